The fraction of sp³-hybridized carbons (Fsp3) is 0.900. The first kappa shape index (κ1) is 9.00. The van der Waals surface area contributed by atoms with E-state index in [9.17, 15) is 4.79 Å². The molecule has 2 fully saturated rings. The van der Waals surface area contributed by atoms with E-state index in [1.807, 2.05) is 6.92 Å². The van der Waals surface area contributed by atoms with Crippen molar-refractivity contribution >= 4 is 5.91 Å². The Kier molecular flexibility index (Phi) is 2.28. The minimum Gasteiger partial charge on any atom is -0.354 e. The van der Waals surface area contributed by atoms with E-state index in [2.05, 4.69) is 5.32 Å². The molecule has 0 aromatic heterocycles. The van der Waals surface area contributed by atoms with Crippen LogP contribution in [-0.4, -0.2) is 18.5 Å². The molecule has 2 saturated carbocycles. The molecular weight excluding hydrogens is 164 g/mol. The lowest BCUT2D eigenvalue weighted by Gasteiger charge is -2.08. The third-order valence-electron chi connectivity index (χ3n) is 3.31. The second-order valence-corrected chi connectivity index (χ2v) is 4.51. The third-order valence-corrected chi connectivity index (χ3v) is 3.31. The van der Waals surface area contributed by atoms with Gasteiger partial charge < -0.3 is 11.1 Å². The van der Waals surface area contributed by atoms with Crippen molar-refractivity contribution in [1.29, 1.82) is 0 Å². The molecule has 0 heterocycles. The first-order chi connectivity index (χ1) is 6.20. The lowest BCUT2D eigenvalue weighted by molar-refractivity contribution is -0.123. The first-order valence-corrected chi connectivity index (χ1v) is 5.23. The Morgan fingerprint density at radius 1 is 1.54 bits per heavy atom. The molecule has 2 aliphatic carbocycles. The summed E-state index contributed by atoms with van der Waals surface area (Å²) in [6.07, 6.45) is 3.86. The molecule has 0 radical (unpaired) electrons. The Morgan fingerprint density at radius 2 is 2.15 bits per heavy atom. The topological polar surface area (TPSA) is 55.1 Å². The quantitative estimate of drug-likeness (QED) is 0.667. The van der Waals surface area contributed by atoms with Crippen molar-refractivity contribution in [2.24, 2.45) is 23.5 Å². The molecule has 3 heteroatoms. The van der Waals surface area contributed by atoms with Crippen LogP contribution < -0.4 is 11.1 Å². The van der Waals surface area contributed by atoms with Crippen molar-refractivity contribution in [1.82, 2.24) is 5.32 Å². The molecule has 2 rings (SSSR count). The number of amides is 1. The van der Waals surface area contributed by atoms with Crippen LogP contribution in [0.3, 0.4) is 0 Å². The fourth-order valence-corrected chi connectivity index (χ4v) is 2.59. The minimum atomic E-state index is 0.0718. The third kappa shape index (κ3) is 1.70. The molecule has 3 atom stereocenters. The highest BCUT2D eigenvalue weighted by atomic mass is 16.2. The van der Waals surface area contributed by atoms with Crippen molar-refractivity contribution in [3.63, 3.8) is 0 Å². The maximum absolute atomic E-state index is 11.6. The summed E-state index contributed by atoms with van der Waals surface area (Å²) in [5.41, 5.74) is 5.56. The van der Waals surface area contributed by atoms with Crippen LogP contribution in [0.1, 0.15) is 26.2 Å². The van der Waals surface area contributed by atoms with Gasteiger partial charge >= 0.3 is 0 Å². The number of hydrogen-bond donors (Lipinski definition) is 2. The van der Waals surface area contributed by atoms with Crippen LogP contribution in [0.5, 0.6) is 0 Å². The van der Waals surface area contributed by atoms with Crippen LogP contribution >= 0.6 is 0 Å². The maximum Gasteiger partial charge on any atom is 0.223 e. The van der Waals surface area contributed by atoms with Crippen LogP contribution in [0, 0.1) is 17.8 Å². The van der Waals surface area contributed by atoms with Gasteiger partial charge in [0.05, 0.1) is 0 Å². The van der Waals surface area contributed by atoms with E-state index in [1.54, 1.807) is 0 Å². The van der Waals surface area contributed by atoms with Gasteiger partial charge in [0.1, 0.15) is 0 Å². The number of carbonyl (C=O) groups is 1. The molecule has 0 aromatic rings. The van der Waals surface area contributed by atoms with Crippen LogP contribution in [0.4, 0.5) is 0 Å². The Bertz CT molecular complexity index is 205. The molecule has 3 nitrogen and oxygen atoms in total. The van der Waals surface area contributed by atoms with Gasteiger partial charge in [0.15, 0.2) is 0 Å². The summed E-state index contributed by atoms with van der Waals surface area (Å²) < 4.78 is 0. The van der Waals surface area contributed by atoms with Crippen molar-refractivity contribution in [3.05, 3.63) is 0 Å². The number of fused-ring (bicyclic) bond motifs is 1. The minimum absolute atomic E-state index is 0.0718. The molecule has 0 aliphatic heterocycles. The molecule has 13 heavy (non-hydrogen) atoms. The van der Waals surface area contributed by atoms with Crippen molar-refractivity contribution < 1.29 is 4.79 Å². The van der Waals surface area contributed by atoms with E-state index >= 15 is 0 Å². The molecule has 3 N–H and O–H groups in total. The van der Waals surface area contributed by atoms with Crippen molar-refractivity contribution in [3.8, 4) is 0 Å². The van der Waals surface area contributed by atoms with Gasteiger partial charge in [-0.25, -0.2) is 0 Å². The maximum atomic E-state index is 11.6. The van der Waals surface area contributed by atoms with Crippen LogP contribution in [0.15, 0.2) is 0 Å². The van der Waals surface area contributed by atoms with Gasteiger partial charge in [-0.2, -0.15) is 0 Å². The molecule has 0 spiro atoms. The fourth-order valence-electron chi connectivity index (χ4n) is 2.59. The van der Waals surface area contributed by atoms with Crippen LogP contribution in [0.25, 0.3) is 0 Å². The van der Waals surface area contributed by atoms with E-state index in [0.29, 0.717) is 24.3 Å². The van der Waals surface area contributed by atoms with E-state index in [-0.39, 0.29) is 11.9 Å². The largest absolute Gasteiger partial charge is 0.354 e. The monoisotopic (exact) mass is 182 g/mol. The predicted molar refractivity (Wildman–Crippen MR) is 51.0 cm³/mol. The summed E-state index contributed by atoms with van der Waals surface area (Å²) in [7, 11) is 0. The number of rotatable bonds is 3. The molecule has 74 valence electrons. The summed E-state index contributed by atoms with van der Waals surface area (Å²) in [6, 6.07) is 0.0718. The predicted octanol–water partition coefficient (Wildman–Crippen LogP) is 0.496. The number of carbonyl (C=O) groups excluding carboxylic acids is 1. The SMILES string of the molecule is CC(N)CNC(=O)C1C2CCCC21. The summed E-state index contributed by atoms with van der Waals surface area (Å²) in [6.45, 7) is 2.53. The summed E-state index contributed by atoms with van der Waals surface area (Å²) >= 11 is 0. The second kappa shape index (κ2) is 3.29. The van der Waals surface area contributed by atoms with Gasteiger partial charge in [0.25, 0.3) is 0 Å². The van der Waals surface area contributed by atoms with Gasteiger partial charge in [0, 0.05) is 18.5 Å². The molecule has 0 bridgehead atoms. The number of nitrogens with two attached hydrogens (primary N) is 1. The van der Waals surface area contributed by atoms with E-state index < -0.39 is 0 Å². The number of nitrogens with one attached hydrogen (secondary N) is 1. The lowest BCUT2D eigenvalue weighted by Crippen LogP contribution is -2.36. The zero-order valence-corrected chi connectivity index (χ0v) is 8.12. The molecule has 2 aliphatic rings. The lowest BCUT2D eigenvalue weighted by atomic mass is 10.1. The molecular formula is C10H18N2O. The average Bonchev–Trinajstić information content (AvgIpc) is 2.56. The summed E-state index contributed by atoms with van der Waals surface area (Å²) in [5, 5.41) is 2.91. The molecule has 1 amide bonds. The van der Waals surface area contributed by atoms with Gasteiger partial charge in [-0.05, 0) is 31.6 Å². The average molecular weight is 182 g/mol. The van der Waals surface area contributed by atoms with Crippen LogP contribution in [-0.2, 0) is 4.79 Å². The smallest absolute Gasteiger partial charge is 0.223 e. The van der Waals surface area contributed by atoms with Gasteiger partial charge in [-0.15, -0.1) is 0 Å². The van der Waals surface area contributed by atoms with Crippen molar-refractivity contribution in [2.45, 2.75) is 32.2 Å². The molecule has 0 saturated heterocycles. The number of hydrogen-bond acceptors (Lipinski definition) is 2. The Hall–Kier alpha value is -0.570. The van der Waals surface area contributed by atoms with E-state index in [1.165, 1.54) is 19.3 Å². The van der Waals surface area contributed by atoms with Crippen LogP contribution in [0.2, 0.25) is 0 Å². The second-order valence-electron chi connectivity index (χ2n) is 4.51. The van der Waals surface area contributed by atoms with Crippen molar-refractivity contribution in [2.75, 3.05) is 6.54 Å². The first-order valence-electron chi connectivity index (χ1n) is 5.23. The normalized spacial score (nSPS) is 38.2. The van der Waals surface area contributed by atoms with E-state index in [0.717, 1.165) is 0 Å². The van der Waals surface area contributed by atoms with Gasteiger partial charge in [-0.1, -0.05) is 6.42 Å². The van der Waals surface area contributed by atoms with Gasteiger partial charge in [0.2, 0.25) is 5.91 Å². The Balaban J connectivity index is 1.74. The standard InChI is InChI=1S/C10H18N2O/c1-6(11)5-12-10(13)9-7-3-2-4-8(7)9/h6-9H,2-5,11H2,1H3,(H,12,13). The van der Waals surface area contributed by atoms with Gasteiger partial charge in [-0.3, -0.25) is 4.79 Å². The zero-order chi connectivity index (χ0) is 9.42. The van der Waals surface area contributed by atoms with E-state index in [4.69, 9.17) is 5.73 Å². The summed E-state index contributed by atoms with van der Waals surface area (Å²) in [4.78, 5) is 11.6. The summed E-state index contributed by atoms with van der Waals surface area (Å²) in [5.74, 6) is 2.01. The highest BCUT2D eigenvalue weighted by molar-refractivity contribution is 5.82. The Morgan fingerprint density at radius 3 is 2.69 bits per heavy atom. The molecule has 3 unspecified atom stereocenters. The Labute approximate surface area is 79.1 Å². The molecule has 0 aromatic carbocycles. The highest BCUT2D eigenvalue weighted by Gasteiger charge is 2.56. The highest BCUT2D eigenvalue weighted by Crippen LogP contribution is 2.57. The zero-order valence-electron chi connectivity index (χ0n) is 8.12.